The van der Waals surface area contributed by atoms with Gasteiger partial charge in [0.25, 0.3) is 5.91 Å². The Balaban J connectivity index is 1.80. The van der Waals surface area contributed by atoms with E-state index < -0.39 is 6.09 Å². The summed E-state index contributed by atoms with van der Waals surface area (Å²) in [6.07, 6.45) is -0.543. The van der Waals surface area contributed by atoms with Crippen LogP contribution < -0.4 is 15.4 Å². The number of benzene rings is 2. The quantitative estimate of drug-likeness (QED) is 0.789. The van der Waals surface area contributed by atoms with Crippen LogP contribution in [0.2, 0.25) is 5.02 Å². The minimum atomic E-state index is -0.543. The van der Waals surface area contributed by atoms with Crippen LogP contribution in [0.25, 0.3) is 0 Å². The summed E-state index contributed by atoms with van der Waals surface area (Å²) < 4.78 is 10.2. The maximum Gasteiger partial charge on any atom is 0.411 e. The van der Waals surface area contributed by atoms with E-state index in [2.05, 4.69) is 10.6 Å². The molecule has 0 saturated carbocycles. The normalized spacial score (nSPS) is 10.0. The summed E-state index contributed by atoms with van der Waals surface area (Å²) >= 11 is 5.90. The average molecular weight is 363 g/mol. The number of nitrogens with one attached hydrogen (secondary N) is 2. The standard InChI is InChI=1S/C18H19ClN2O4/c1-2-24-18(23)21-15-7-4-8-16(10-15)25-12-17(22)20-11-13-5-3-6-14(19)9-13/h3-10H,2,11-12H2,1H3,(H,20,22)(H,21,23). The molecule has 2 rings (SSSR count). The molecule has 0 heterocycles. The minimum Gasteiger partial charge on any atom is -0.484 e. The van der Waals surface area contributed by atoms with Gasteiger partial charge in [-0.2, -0.15) is 0 Å². The monoisotopic (exact) mass is 362 g/mol. The van der Waals surface area contributed by atoms with Crippen molar-refractivity contribution in [3.05, 3.63) is 59.1 Å². The molecule has 0 atom stereocenters. The molecule has 2 N–H and O–H groups in total. The van der Waals surface area contributed by atoms with Crippen LogP contribution in [-0.4, -0.2) is 25.2 Å². The molecule has 2 aromatic carbocycles. The third-order valence-electron chi connectivity index (χ3n) is 3.10. The highest BCUT2D eigenvalue weighted by Gasteiger charge is 2.06. The van der Waals surface area contributed by atoms with Gasteiger partial charge in [0.2, 0.25) is 0 Å². The molecule has 0 unspecified atom stereocenters. The van der Waals surface area contributed by atoms with Crippen molar-refractivity contribution in [1.29, 1.82) is 0 Å². The van der Waals surface area contributed by atoms with Crippen LogP contribution in [0.5, 0.6) is 5.75 Å². The zero-order chi connectivity index (χ0) is 18.1. The average Bonchev–Trinajstić information content (AvgIpc) is 2.59. The Morgan fingerprint density at radius 3 is 2.68 bits per heavy atom. The molecular weight excluding hydrogens is 344 g/mol. The summed E-state index contributed by atoms with van der Waals surface area (Å²) in [7, 11) is 0. The molecular formula is C18H19ClN2O4. The fraction of sp³-hybridized carbons (Fsp3) is 0.222. The van der Waals surface area contributed by atoms with Crippen LogP contribution in [0, 0.1) is 0 Å². The molecule has 0 spiro atoms. The molecule has 0 aromatic heterocycles. The van der Waals surface area contributed by atoms with Gasteiger partial charge in [0.15, 0.2) is 6.61 Å². The van der Waals surface area contributed by atoms with Crippen molar-refractivity contribution in [2.75, 3.05) is 18.5 Å². The second-order valence-corrected chi connectivity index (χ2v) is 5.51. The SMILES string of the molecule is CCOC(=O)Nc1cccc(OCC(=O)NCc2cccc(Cl)c2)c1. The zero-order valence-corrected chi connectivity index (χ0v) is 14.5. The van der Waals surface area contributed by atoms with Crippen molar-refractivity contribution in [1.82, 2.24) is 5.32 Å². The molecule has 132 valence electrons. The second kappa shape index (κ2) is 9.54. The first-order valence-electron chi connectivity index (χ1n) is 7.74. The number of rotatable bonds is 7. The molecule has 2 aromatic rings. The molecule has 0 aliphatic carbocycles. The third-order valence-corrected chi connectivity index (χ3v) is 3.34. The van der Waals surface area contributed by atoms with Crippen LogP contribution in [0.1, 0.15) is 12.5 Å². The molecule has 0 radical (unpaired) electrons. The second-order valence-electron chi connectivity index (χ2n) is 5.07. The van der Waals surface area contributed by atoms with Gasteiger partial charge in [-0.3, -0.25) is 10.1 Å². The van der Waals surface area contributed by atoms with Gasteiger partial charge in [-0.15, -0.1) is 0 Å². The number of carbonyl (C=O) groups is 2. The fourth-order valence-corrected chi connectivity index (χ4v) is 2.21. The van der Waals surface area contributed by atoms with Crippen LogP contribution >= 0.6 is 11.6 Å². The number of hydrogen-bond donors (Lipinski definition) is 2. The van der Waals surface area contributed by atoms with Crippen LogP contribution in [0.4, 0.5) is 10.5 Å². The highest BCUT2D eigenvalue weighted by Crippen LogP contribution is 2.17. The van der Waals surface area contributed by atoms with Crippen LogP contribution in [0.15, 0.2) is 48.5 Å². The van der Waals surface area contributed by atoms with Crippen LogP contribution in [0.3, 0.4) is 0 Å². The summed E-state index contributed by atoms with van der Waals surface area (Å²) in [6, 6.07) is 14.0. The Morgan fingerprint density at radius 1 is 1.12 bits per heavy atom. The number of carbonyl (C=O) groups excluding carboxylic acids is 2. The highest BCUT2D eigenvalue weighted by molar-refractivity contribution is 6.30. The van der Waals surface area contributed by atoms with E-state index >= 15 is 0 Å². The van der Waals surface area contributed by atoms with E-state index in [4.69, 9.17) is 21.1 Å². The molecule has 2 amide bonds. The third kappa shape index (κ3) is 6.73. The molecule has 7 heteroatoms. The van der Waals surface area contributed by atoms with Gasteiger partial charge in [-0.25, -0.2) is 4.79 Å². The minimum absolute atomic E-state index is 0.135. The van der Waals surface area contributed by atoms with E-state index in [9.17, 15) is 9.59 Å². The lowest BCUT2D eigenvalue weighted by Gasteiger charge is -2.10. The van der Waals surface area contributed by atoms with Crippen molar-refractivity contribution in [2.45, 2.75) is 13.5 Å². The summed E-state index contributed by atoms with van der Waals surface area (Å²) in [5.41, 5.74) is 1.43. The summed E-state index contributed by atoms with van der Waals surface area (Å²) in [4.78, 5) is 23.2. The maximum absolute atomic E-state index is 11.9. The predicted molar refractivity (Wildman–Crippen MR) is 95.9 cm³/mol. The van der Waals surface area contributed by atoms with E-state index in [0.29, 0.717) is 23.0 Å². The number of anilines is 1. The number of hydrogen-bond acceptors (Lipinski definition) is 4. The van der Waals surface area contributed by atoms with E-state index in [0.717, 1.165) is 5.56 Å². The topological polar surface area (TPSA) is 76.7 Å². The van der Waals surface area contributed by atoms with E-state index in [-0.39, 0.29) is 19.1 Å². The van der Waals surface area contributed by atoms with Crippen molar-refractivity contribution >= 4 is 29.3 Å². The van der Waals surface area contributed by atoms with Gasteiger partial charge in [-0.1, -0.05) is 29.8 Å². The van der Waals surface area contributed by atoms with Gasteiger partial charge in [0.05, 0.1) is 6.61 Å². The highest BCUT2D eigenvalue weighted by atomic mass is 35.5. The Kier molecular flexibility index (Phi) is 7.10. The molecule has 25 heavy (non-hydrogen) atoms. The first kappa shape index (κ1) is 18.6. The molecule has 0 saturated heterocycles. The molecule has 0 aliphatic rings. The predicted octanol–water partition coefficient (Wildman–Crippen LogP) is 3.60. The largest absolute Gasteiger partial charge is 0.484 e. The lowest BCUT2D eigenvalue weighted by Crippen LogP contribution is -2.28. The van der Waals surface area contributed by atoms with Gasteiger partial charge < -0.3 is 14.8 Å². The van der Waals surface area contributed by atoms with Gasteiger partial charge in [-0.05, 0) is 36.8 Å². The van der Waals surface area contributed by atoms with Crippen molar-refractivity contribution < 1.29 is 19.1 Å². The smallest absolute Gasteiger partial charge is 0.411 e. The molecule has 6 nitrogen and oxygen atoms in total. The van der Waals surface area contributed by atoms with Gasteiger partial charge in [0, 0.05) is 23.3 Å². The molecule has 0 bridgehead atoms. The Bertz CT molecular complexity index is 737. The lowest BCUT2D eigenvalue weighted by atomic mass is 10.2. The van der Waals surface area contributed by atoms with Crippen molar-refractivity contribution in [3.63, 3.8) is 0 Å². The first-order valence-corrected chi connectivity index (χ1v) is 8.12. The molecule has 0 fully saturated rings. The Morgan fingerprint density at radius 2 is 1.92 bits per heavy atom. The van der Waals surface area contributed by atoms with Crippen LogP contribution in [-0.2, 0) is 16.1 Å². The van der Waals surface area contributed by atoms with Gasteiger partial charge >= 0.3 is 6.09 Å². The number of halogens is 1. The fourth-order valence-electron chi connectivity index (χ4n) is 2.00. The lowest BCUT2D eigenvalue weighted by molar-refractivity contribution is -0.123. The Labute approximate surface area is 151 Å². The number of ether oxygens (including phenoxy) is 2. The number of amides is 2. The first-order chi connectivity index (χ1) is 12.1. The van der Waals surface area contributed by atoms with E-state index in [1.54, 1.807) is 43.3 Å². The van der Waals surface area contributed by atoms with Gasteiger partial charge in [0.1, 0.15) is 5.75 Å². The van der Waals surface area contributed by atoms with Crippen molar-refractivity contribution in [3.8, 4) is 5.75 Å². The van der Waals surface area contributed by atoms with E-state index in [1.807, 2.05) is 12.1 Å². The maximum atomic E-state index is 11.9. The van der Waals surface area contributed by atoms with Crippen molar-refractivity contribution in [2.24, 2.45) is 0 Å². The molecule has 0 aliphatic heterocycles. The summed E-state index contributed by atoms with van der Waals surface area (Å²) in [5.74, 6) is 0.205. The Hall–Kier alpha value is -2.73. The summed E-state index contributed by atoms with van der Waals surface area (Å²) in [6.45, 7) is 2.24. The zero-order valence-electron chi connectivity index (χ0n) is 13.8. The van der Waals surface area contributed by atoms with E-state index in [1.165, 1.54) is 0 Å². The summed E-state index contributed by atoms with van der Waals surface area (Å²) in [5, 5.41) is 5.94.